The van der Waals surface area contributed by atoms with E-state index >= 15 is 0 Å². The van der Waals surface area contributed by atoms with E-state index in [4.69, 9.17) is 0 Å². The zero-order valence-corrected chi connectivity index (χ0v) is 21.8. The van der Waals surface area contributed by atoms with E-state index < -0.39 is 27.4 Å². The Morgan fingerprint density at radius 2 is 1.80 bits per heavy atom. The summed E-state index contributed by atoms with van der Waals surface area (Å²) in [6, 6.07) is 7.68. The summed E-state index contributed by atoms with van der Waals surface area (Å²) in [5.41, 5.74) is 0.640. The molecular formula is C25H38N4O5S. The topological polar surface area (TPSA) is 116 Å². The lowest BCUT2D eigenvalue weighted by atomic mass is 9.75. The Hall–Kier alpha value is -2.46. The maximum atomic E-state index is 13.5. The Morgan fingerprint density at radius 3 is 2.51 bits per heavy atom. The molecule has 9 nitrogen and oxygen atoms in total. The van der Waals surface area contributed by atoms with Crippen LogP contribution in [0.3, 0.4) is 0 Å². The van der Waals surface area contributed by atoms with Crippen LogP contribution in [-0.2, 0) is 36.4 Å². The number of carbonyl (C=O) groups excluding carboxylic acids is 3. The Balaban J connectivity index is 1.94. The van der Waals surface area contributed by atoms with Crippen molar-refractivity contribution in [3.63, 3.8) is 0 Å². The largest absolute Gasteiger partial charge is 0.354 e. The van der Waals surface area contributed by atoms with Crippen LogP contribution in [0.4, 0.5) is 0 Å². The molecule has 10 heteroatoms. The molecule has 1 fully saturated rings. The predicted molar refractivity (Wildman–Crippen MR) is 134 cm³/mol. The van der Waals surface area contributed by atoms with Gasteiger partial charge in [-0.25, -0.2) is 8.42 Å². The molecule has 1 aromatic rings. The van der Waals surface area contributed by atoms with Crippen LogP contribution in [-0.4, -0.2) is 74.3 Å². The predicted octanol–water partition coefficient (Wildman–Crippen LogP) is 1.38. The number of hydrogen-bond acceptors (Lipinski definition) is 5. The number of aryl methyl sites for hydroxylation is 1. The lowest BCUT2D eigenvalue weighted by Gasteiger charge is -2.39. The van der Waals surface area contributed by atoms with Gasteiger partial charge in [-0.15, -0.1) is 0 Å². The van der Waals surface area contributed by atoms with Crippen molar-refractivity contribution >= 4 is 27.7 Å². The molecule has 0 saturated carbocycles. The minimum atomic E-state index is -3.60. The minimum Gasteiger partial charge on any atom is -0.354 e. The number of rotatable bonds is 4. The Morgan fingerprint density at radius 1 is 1.06 bits per heavy atom. The quantitative estimate of drug-likeness (QED) is 0.640. The third kappa shape index (κ3) is 6.82. The zero-order valence-electron chi connectivity index (χ0n) is 21.0. The average Bonchev–Trinajstić information content (AvgIpc) is 2.79. The normalized spacial score (nSPS) is 23.5. The summed E-state index contributed by atoms with van der Waals surface area (Å²) < 4.78 is 25.7. The second-order valence-corrected chi connectivity index (χ2v) is 12.0. The second-order valence-electron chi connectivity index (χ2n) is 10.0. The molecule has 3 amide bonds. The smallest absolute Gasteiger partial charge is 0.250 e. The van der Waals surface area contributed by atoms with Crippen molar-refractivity contribution in [3.05, 3.63) is 35.4 Å². The molecule has 2 aliphatic rings. The van der Waals surface area contributed by atoms with Crippen LogP contribution in [0.2, 0.25) is 0 Å². The van der Waals surface area contributed by atoms with Crippen molar-refractivity contribution in [2.24, 2.45) is 5.92 Å². The van der Waals surface area contributed by atoms with E-state index in [1.54, 1.807) is 0 Å². The SMILES string of the molecule is CC(C)CCN1CC(=O)NC2(CCCc3ccccc32)C(=O)NCCCCN(S(C)(=O)=O)CC1=O. The molecule has 1 spiro atoms. The van der Waals surface area contributed by atoms with Crippen LogP contribution in [0.25, 0.3) is 0 Å². The van der Waals surface area contributed by atoms with Gasteiger partial charge in [0.15, 0.2) is 0 Å². The molecule has 1 saturated heterocycles. The molecule has 2 N–H and O–H groups in total. The molecule has 1 heterocycles. The first kappa shape index (κ1) is 27.1. The number of nitrogens with one attached hydrogen (secondary N) is 2. The average molecular weight is 507 g/mol. The van der Waals surface area contributed by atoms with E-state index in [1.807, 2.05) is 38.1 Å². The molecule has 35 heavy (non-hydrogen) atoms. The second kappa shape index (κ2) is 11.5. The lowest BCUT2D eigenvalue weighted by molar-refractivity contribution is -0.139. The molecule has 3 rings (SSSR count). The van der Waals surface area contributed by atoms with Gasteiger partial charge in [0.25, 0.3) is 0 Å². The van der Waals surface area contributed by atoms with Crippen LogP contribution < -0.4 is 10.6 Å². The molecule has 1 aliphatic carbocycles. The maximum absolute atomic E-state index is 13.5. The summed E-state index contributed by atoms with van der Waals surface area (Å²) in [6.07, 6.45) is 4.87. The highest BCUT2D eigenvalue weighted by molar-refractivity contribution is 7.88. The van der Waals surface area contributed by atoms with Crippen molar-refractivity contribution in [1.29, 1.82) is 0 Å². The van der Waals surface area contributed by atoms with Gasteiger partial charge < -0.3 is 15.5 Å². The summed E-state index contributed by atoms with van der Waals surface area (Å²) in [5, 5.41) is 5.97. The first-order valence-corrected chi connectivity index (χ1v) is 14.3. The molecular weight excluding hydrogens is 468 g/mol. The molecule has 1 aliphatic heterocycles. The number of hydrogen-bond donors (Lipinski definition) is 2. The molecule has 194 valence electrons. The van der Waals surface area contributed by atoms with E-state index in [-0.39, 0.29) is 25.5 Å². The van der Waals surface area contributed by atoms with Gasteiger partial charge in [-0.3, -0.25) is 14.4 Å². The van der Waals surface area contributed by atoms with Crippen molar-refractivity contribution < 1.29 is 22.8 Å². The van der Waals surface area contributed by atoms with Crippen molar-refractivity contribution in [3.8, 4) is 0 Å². The maximum Gasteiger partial charge on any atom is 0.250 e. The summed E-state index contributed by atoms with van der Waals surface area (Å²) in [4.78, 5) is 41.5. The molecule has 1 atom stereocenters. The fourth-order valence-electron chi connectivity index (χ4n) is 4.79. The van der Waals surface area contributed by atoms with Crippen LogP contribution >= 0.6 is 0 Å². The van der Waals surface area contributed by atoms with Gasteiger partial charge in [-0.1, -0.05) is 38.1 Å². The summed E-state index contributed by atoms with van der Waals surface area (Å²) in [5.74, 6) is -0.815. The fourth-order valence-corrected chi connectivity index (χ4v) is 5.60. The third-order valence-electron chi connectivity index (χ3n) is 6.78. The number of benzene rings is 1. The highest BCUT2D eigenvalue weighted by atomic mass is 32.2. The van der Waals surface area contributed by atoms with Crippen LogP contribution in [0.5, 0.6) is 0 Å². The highest BCUT2D eigenvalue weighted by Gasteiger charge is 2.44. The summed E-state index contributed by atoms with van der Waals surface area (Å²) in [7, 11) is -3.60. The van der Waals surface area contributed by atoms with Crippen molar-refractivity contribution in [2.75, 3.05) is 39.0 Å². The van der Waals surface area contributed by atoms with Crippen molar-refractivity contribution in [1.82, 2.24) is 19.8 Å². The first-order chi connectivity index (χ1) is 16.5. The Kier molecular flexibility index (Phi) is 8.93. The summed E-state index contributed by atoms with van der Waals surface area (Å²) >= 11 is 0. The molecule has 1 aromatic carbocycles. The van der Waals surface area contributed by atoms with Gasteiger partial charge in [-0.2, -0.15) is 4.31 Å². The molecule has 0 radical (unpaired) electrons. The highest BCUT2D eigenvalue weighted by Crippen LogP contribution is 2.35. The first-order valence-electron chi connectivity index (χ1n) is 12.4. The number of amides is 3. The lowest BCUT2D eigenvalue weighted by Crippen LogP contribution is -2.60. The van der Waals surface area contributed by atoms with Gasteiger partial charge in [0.05, 0.1) is 19.3 Å². The zero-order chi connectivity index (χ0) is 25.6. The van der Waals surface area contributed by atoms with E-state index in [9.17, 15) is 22.8 Å². The fraction of sp³-hybridized carbons (Fsp3) is 0.640. The van der Waals surface area contributed by atoms with Crippen LogP contribution in [0.1, 0.15) is 57.1 Å². The molecule has 0 aromatic heterocycles. The van der Waals surface area contributed by atoms with Crippen LogP contribution in [0, 0.1) is 5.92 Å². The van der Waals surface area contributed by atoms with E-state index in [0.29, 0.717) is 44.7 Å². The minimum absolute atomic E-state index is 0.179. The number of nitrogens with zero attached hydrogens (tertiary/aromatic N) is 2. The monoisotopic (exact) mass is 506 g/mol. The van der Waals surface area contributed by atoms with Gasteiger partial charge >= 0.3 is 0 Å². The Bertz CT molecular complexity index is 1040. The Labute approximate surface area is 208 Å². The number of fused-ring (bicyclic) bond motifs is 2. The number of sulfonamides is 1. The molecule has 0 bridgehead atoms. The molecule has 1 unspecified atom stereocenters. The third-order valence-corrected chi connectivity index (χ3v) is 8.03. The van der Waals surface area contributed by atoms with Crippen molar-refractivity contribution in [2.45, 2.75) is 57.9 Å². The van der Waals surface area contributed by atoms with E-state index in [1.165, 1.54) is 4.90 Å². The number of carbonyl (C=O) groups is 3. The van der Waals surface area contributed by atoms with Gasteiger partial charge in [0, 0.05) is 19.6 Å². The van der Waals surface area contributed by atoms with Gasteiger partial charge in [0.1, 0.15) is 5.54 Å². The van der Waals surface area contributed by atoms with Gasteiger partial charge in [-0.05, 0) is 55.6 Å². The summed E-state index contributed by atoms with van der Waals surface area (Å²) in [6.45, 7) is 4.37. The standard InChI is InChI=1S/C25H38N4O5S/c1-19(2)12-16-28-17-22(30)27-25(13-8-10-20-9-4-5-11-21(20)25)24(32)26-14-6-7-15-29(18-23(28)31)35(3,33)34/h4-5,9,11,19H,6-8,10,12-18H2,1-3H3,(H,26,32)(H,27,30). The van der Waals surface area contributed by atoms with E-state index in [2.05, 4.69) is 10.6 Å². The van der Waals surface area contributed by atoms with E-state index in [0.717, 1.165) is 34.5 Å². The van der Waals surface area contributed by atoms with Crippen LogP contribution in [0.15, 0.2) is 24.3 Å². The van der Waals surface area contributed by atoms with Gasteiger partial charge in [0.2, 0.25) is 27.7 Å².